The van der Waals surface area contributed by atoms with Crippen molar-refractivity contribution in [2.45, 2.75) is 0 Å². The zero-order chi connectivity index (χ0) is 14.7. The molecule has 3 aromatic rings. The fourth-order valence-corrected chi connectivity index (χ4v) is 2.23. The number of nitrogen functional groups attached to an aromatic ring is 1. The first-order valence-electron chi connectivity index (χ1n) is 6.74. The molecule has 0 spiro atoms. The Balaban J connectivity index is 1.97. The van der Waals surface area contributed by atoms with E-state index in [1.54, 1.807) is 6.07 Å². The number of aromatic hydroxyl groups is 1. The molecule has 3 nitrogen and oxygen atoms in total. The van der Waals surface area contributed by atoms with Gasteiger partial charge in [-0.3, -0.25) is 0 Å². The molecule has 3 aromatic carbocycles. The first-order valence-corrected chi connectivity index (χ1v) is 6.74. The number of anilines is 3. The van der Waals surface area contributed by atoms with Gasteiger partial charge in [-0.15, -0.1) is 0 Å². The van der Waals surface area contributed by atoms with Crippen molar-refractivity contribution < 1.29 is 5.11 Å². The maximum Gasteiger partial charge on any atom is 0.123 e. The number of rotatable bonds is 3. The molecule has 0 saturated carbocycles. The first kappa shape index (κ1) is 13.1. The van der Waals surface area contributed by atoms with E-state index >= 15 is 0 Å². The number of hydrogen-bond acceptors (Lipinski definition) is 3. The largest absolute Gasteiger partial charge is 0.507 e. The number of nitrogens with two attached hydrogens (primary N) is 1. The zero-order valence-corrected chi connectivity index (χ0v) is 11.5. The average molecular weight is 276 g/mol. The number of nitrogens with one attached hydrogen (secondary N) is 1. The maximum atomic E-state index is 10.1. The average Bonchev–Trinajstić information content (AvgIpc) is 2.52. The van der Waals surface area contributed by atoms with E-state index in [1.165, 1.54) is 0 Å². The lowest BCUT2D eigenvalue weighted by Crippen LogP contribution is -1.96. The van der Waals surface area contributed by atoms with E-state index in [9.17, 15) is 5.11 Å². The molecule has 0 amide bonds. The minimum atomic E-state index is 0.257. The second kappa shape index (κ2) is 5.59. The molecular weight excluding hydrogens is 260 g/mol. The van der Waals surface area contributed by atoms with Gasteiger partial charge in [0.15, 0.2) is 0 Å². The van der Waals surface area contributed by atoms with Gasteiger partial charge in [-0.1, -0.05) is 42.5 Å². The molecular formula is C18H16N2O. The minimum Gasteiger partial charge on any atom is -0.507 e. The number of phenols is 1. The van der Waals surface area contributed by atoms with E-state index < -0.39 is 0 Å². The Bertz CT molecular complexity index is 754. The molecule has 3 heteroatoms. The zero-order valence-electron chi connectivity index (χ0n) is 11.5. The monoisotopic (exact) mass is 276 g/mol. The van der Waals surface area contributed by atoms with Gasteiger partial charge in [-0.05, 0) is 35.9 Å². The third kappa shape index (κ3) is 2.82. The molecule has 0 saturated heterocycles. The van der Waals surface area contributed by atoms with Crippen LogP contribution in [-0.4, -0.2) is 5.11 Å². The van der Waals surface area contributed by atoms with Crippen LogP contribution in [0.5, 0.6) is 5.75 Å². The Morgan fingerprint density at radius 3 is 2.29 bits per heavy atom. The summed E-state index contributed by atoms with van der Waals surface area (Å²) in [5, 5.41) is 13.3. The van der Waals surface area contributed by atoms with E-state index in [2.05, 4.69) is 5.32 Å². The Morgan fingerprint density at radius 1 is 0.810 bits per heavy atom. The lowest BCUT2D eigenvalue weighted by atomic mass is 10.0. The van der Waals surface area contributed by atoms with Crippen LogP contribution in [0.15, 0.2) is 72.8 Å². The third-order valence-electron chi connectivity index (χ3n) is 3.32. The van der Waals surface area contributed by atoms with Crippen LogP contribution in [0, 0.1) is 0 Å². The standard InChI is InChI=1S/C18H16N2O/c19-16-8-4-5-9-17(16)20-14-10-11-18(21)15(12-14)13-6-2-1-3-7-13/h1-12,20-21H,19H2. The van der Waals surface area contributed by atoms with Crippen molar-refractivity contribution in [1.29, 1.82) is 0 Å². The van der Waals surface area contributed by atoms with Crippen LogP contribution in [-0.2, 0) is 0 Å². The number of phenolic OH excluding ortho intramolecular Hbond substituents is 1. The minimum absolute atomic E-state index is 0.257. The molecule has 4 N–H and O–H groups in total. The summed E-state index contributed by atoms with van der Waals surface area (Å²) in [5.41, 5.74) is 10.1. The van der Waals surface area contributed by atoms with Gasteiger partial charge >= 0.3 is 0 Å². The number of benzene rings is 3. The molecule has 0 aliphatic heterocycles. The fraction of sp³-hybridized carbons (Fsp3) is 0. The van der Waals surface area contributed by atoms with Crippen molar-refractivity contribution in [3.05, 3.63) is 72.8 Å². The van der Waals surface area contributed by atoms with Crippen LogP contribution < -0.4 is 11.1 Å². The molecule has 0 fully saturated rings. The van der Waals surface area contributed by atoms with Gasteiger partial charge < -0.3 is 16.2 Å². The second-order valence-corrected chi connectivity index (χ2v) is 4.81. The van der Waals surface area contributed by atoms with Crippen LogP contribution >= 0.6 is 0 Å². The maximum absolute atomic E-state index is 10.1. The van der Waals surface area contributed by atoms with Gasteiger partial charge in [0.2, 0.25) is 0 Å². The highest BCUT2D eigenvalue weighted by Crippen LogP contribution is 2.33. The summed E-state index contributed by atoms with van der Waals surface area (Å²) in [6, 6.07) is 22.8. The van der Waals surface area contributed by atoms with Crippen molar-refractivity contribution in [3.8, 4) is 16.9 Å². The summed E-state index contributed by atoms with van der Waals surface area (Å²) in [7, 11) is 0. The lowest BCUT2D eigenvalue weighted by Gasteiger charge is -2.12. The van der Waals surface area contributed by atoms with Crippen molar-refractivity contribution in [2.75, 3.05) is 11.1 Å². The van der Waals surface area contributed by atoms with E-state index in [4.69, 9.17) is 5.73 Å². The van der Waals surface area contributed by atoms with E-state index in [0.717, 1.165) is 22.5 Å². The van der Waals surface area contributed by atoms with E-state index in [0.29, 0.717) is 5.69 Å². The normalized spacial score (nSPS) is 10.3. The fourth-order valence-electron chi connectivity index (χ4n) is 2.23. The Labute approximate surface area is 123 Å². The Morgan fingerprint density at radius 2 is 1.52 bits per heavy atom. The van der Waals surface area contributed by atoms with Gasteiger partial charge in [-0.25, -0.2) is 0 Å². The van der Waals surface area contributed by atoms with Gasteiger partial charge in [0, 0.05) is 11.3 Å². The SMILES string of the molecule is Nc1ccccc1Nc1ccc(O)c(-c2ccccc2)c1. The first-order chi connectivity index (χ1) is 10.2. The summed E-state index contributed by atoms with van der Waals surface area (Å²) in [6.07, 6.45) is 0. The number of para-hydroxylation sites is 2. The van der Waals surface area contributed by atoms with Crippen LogP contribution in [0.4, 0.5) is 17.1 Å². The molecule has 0 bridgehead atoms. The molecule has 0 radical (unpaired) electrons. The predicted molar refractivity (Wildman–Crippen MR) is 87.7 cm³/mol. The topological polar surface area (TPSA) is 58.3 Å². The van der Waals surface area contributed by atoms with Crippen LogP contribution in [0.1, 0.15) is 0 Å². The molecule has 0 aliphatic rings. The Hall–Kier alpha value is -2.94. The molecule has 0 aromatic heterocycles. The van der Waals surface area contributed by atoms with Gasteiger partial charge in [0.05, 0.1) is 11.4 Å². The van der Waals surface area contributed by atoms with E-state index in [-0.39, 0.29) is 5.75 Å². The van der Waals surface area contributed by atoms with Crippen LogP contribution in [0.3, 0.4) is 0 Å². The van der Waals surface area contributed by atoms with Crippen LogP contribution in [0.2, 0.25) is 0 Å². The molecule has 0 aliphatic carbocycles. The van der Waals surface area contributed by atoms with Gasteiger partial charge in [-0.2, -0.15) is 0 Å². The molecule has 21 heavy (non-hydrogen) atoms. The highest BCUT2D eigenvalue weighted by Gasteiger charge is 2.06. The second-order valence-electron chi connectivity index (χ2n) is 4.81. The predicted octanol–water partition coefficient (Wildman–Crippen LogP) is 4.39. The molecule has 0 atom stereocenters. The van der Waals surface area contributed by atoms with Crippen LogP contribution in [0.25, 0.3) is 11.1 Å². The molecule has 3 rings (SSSR count). The smallest absolute Gasteiger partial charge is 0.123 e. The highest BCUT2D eigenvalue weighted by atomic mass is 16.3. The summed E-state index contributed by atoms with van der Waals surface area (Å²) < 4.78 is 0. The highest BCUT2D eigenvalue weighted by molar-refractivity contribution is 5.78. The summed E-state index contributed by atoms with van der Waals surface area (Å²) in [6.45, 7) is 0. The van der Waals surface area contributed by atoms with Crippen molar-refractivity contribution in [3.63, 3.8) is 0 Å². The molecule has 0 heterocycles. The summed E-state index contributed by atoms with van der Waals surface area (Å²) in [4.78, 5) is 0. The molecule has 0 unspecified atom stereocenters. The molecule has 104 valence electrons. The van der Waals surface area contributed by atoms with Crippen molar-refractivity contribution in [2.24, 2.45) is 0 Å². The van der Waals surface area contributed by atoms with Crippen molar-refractivity contribution >= 4 is 17.1 Å². The van der Waals surface area contributed by atoms with Gasteiger partial charge in [0.1, 0.15) is 5.75 Å². The summed E-state index contributed by atoms with van der Waals surface area (Å²) in [5.74, 6) is 0.257. The van der Waals surface area contributed by atoms with Gasteiger partial charge in [0.25, 0.3) is 0 Å². The lowest BCUT2D eigenvalue weighted by molar-refractivity contribution is 0.477. The third-order valence-corrected chi connectivity index (χ3v) is 3.32. The summed E-state index contributed by atoms with van der Waals surface area (Å²) >= 11 is 0. The quantitative estimate of drug-likeness (QED) is 0.491. The van der Waals surface area contributed by atoms with Crippen molar-refractivity contribution in [1.82, 2.24) is 0 Å². The number of hydrogen-bond donors (Lipinski definition) is 3. The Kier molecular flexibility index (Phi) is 3.48. The van der Waals surface area contributed by atoms with E-state index in [1.807, 2.05) is 66.7 Å².